The van der Waals surface area contributed by atoms with E-state index in [2.05, 4.69) is 58.7 Å². The van der Waals surface area contributed by atoms with Crippen LogP contribution in [-0.4, -0.2) is 48.6 Å². The molecule has 0 aromatic heterocycles. The molecule has 0 N–H and O–H groups in total. The molecule has 4 nitrogen and oxygen atoms in total. The SMILES string of the molecule is Cc1ccc2c3c1O[C@H]1[C@@]45CC[C@@]6(C[C@@H]4[C@@](C)(C(C)(C)C)OCO5)[C@@H](C2)N(C)CC[C@]316. The van der Waals surface area contributed by atoms with Crippen LogP contribution in [0.1, 0.15) is 70.1 Å². The quantitative estimate of drug-likeness (QED) is 0.610. The van der Waals surface area contributed by atoms with Gasteiger partial charge < -0.3 is 19.1 Å². The summed E-state index contributed by atoms with van der Waals surface area (Å²) >= 11 is 0. The Morgan fingerprint density at radius 3 is 2.68 bits per heavy atom. The van der Waals surface area contributed by atoms with Crippen LogP contribution in [0.5, 0.6) is 5.75 Å². The van der Waals surface area contributed by atoms with E-state index in [-0.39, 0.29) is 33.6 Å². The Labute approximate surface area is 186 Å². The van der Waals surface area contributed by atoms with E-state index in [0.717, 1.165) is 19.4 Å². The summed E-state index contributed by atoms with van der Waals surface area (Å²) in [4.78, 5) is 2.68. The van der Waals surface area contributed by atoms with Gasteiger partial charge in [0.1, 0.15) is 24.2 Å². The number of ether oxygens (including phenoxy) is 3. The molecule has 3 spiro atoms. The van der Waals surface area contributed by atoms with Crippen molar-refractivity contribution in [2.24, 2.45) is 16.7 Å². The first kappa shape index (κ1) is 19.4. The monoisotopic (exact) mass is 423 g/mol. The van der Waals surface area contributed by atoms with Gasteiger partial charge in [-0.15, -0.1) is 0 Å². The Kier molecular flexibility index (Phi) is 3.34. The minimum Gasteiger partial charge on any atom is -0.486 e. The van der Waals surface area contributed by atoms with E-state index < -0.39 is 0 Å². The summed E-state index contributed by atoms with van der Waals surface area (Å²) in [5, 5.41) is 0. The summed E-state index contributed by atoms with van der Waals surface area (Å²) in [5.74, 6) is 1.55. The Hall–Kier alpha value is -1.10. The lowest BCUT2D eigenvalue weighted by molar-refractivity contribution is -0.389. The number of likely N-dealkylation sites (N-methyl/N-ethyl adjacent to an activating group) is 1. The molecular formula is C27H37NO3. The smallest absolute Gasteiger partial charge is 0.148 e. The fraction of sp³-hybridized carbons (Fsp3) is 0.778. The molecule has 3 heterocycles. The summed E-state index contributed by atoms with van der Waals surface area (Å²) in [6, 6.07) is 5.28. The molecule has 0 amide bonds. The van der Waals surface area contributed by atoms with E-state index in [4.69, 9.17) is 14.2 Å². The minimum atomic E-state index is -0.247. The highest BCUT2D eigenvalue weighted by atomic mass is 16.7. The molecule has 31 heavy (non-hydrogen) atoms. The fourth-order valence-corrected chi connectivity index (χ4v) is 9.47. The average Bonchev–Trinajstić information content (AvgIpc) is 3.09. The molecule has 8 rings (SSSR count). The summed E-state index contributed by atoms with van der Waals surface area (Å²) in [6.45, 7) is 13.2. The van der Waals surface area contributed by atoms with E-state index in [1.807, 2.05) is 0 Å². The lowest BCUT2D eigenvalue weighted by Crippen LogP contribution is -2.84. The van der Waals surface area contributed by atoms with Crippen molar-refractivity contribution in [3.05, 3.63) is 28.8 Å². The van der Waals surface area contributed by atoms with E-state index in [1.165, 1.54) is 36.1 Å². The average molecular weight is 424 g/mol. The van der Waals surface area contributed by atoms with Gasteiger partial charge in [0.15, 0.2) is 0 Å². The number of hydrogen-bond acceptors (Lipinski definition) is 4. The zero-order chi connectivity index (χ0) is 21.6. The van der Waals surface area contributed by atoms with Crippen LogP contribution < -0.4 is 4.74 Å². The second kappa shape index (κ2) is 5.34. The van der Waals surface area contributed by atoms with Crippen molar-refractivity contribution in [1.29, 1.82) is 0 Å². The lowest BCUT2D eigenvalue weighted by Gasteiger charge is -2.76. The molecule has 168 valence electrons. The number of piperidine rings is 1. The van der Waals surface area contributed by atoms with Crippen molar-refractivity contribution in [1.82, 2.24) is 4.90 Å². The molecule has 7 aliphatic rings. The molecule has 7 atom stereocenters. The topological polar surface area (TPSA) is 30.9 Å². The first-order valence-corrected chi connectivity index (χ1v) is 12.4. The zero-order valence-electron chi connectivity index (χ0n) is 20.0. The van der Waals surface area contributed by atoms with Crippen molar-refractivity contribution in [3.63, 3.8) is 0 Å². The largest absolute Gasteiger partial charge is 0.486 e. The molecule has 0 unspecified atom stereocenters. The predicted octanol–water partition coefficient (Wildman–Crippen LogP) is 4.60. The van der Waals surface area contributed by atoms with Crippen LogP contribution >= 0.6 is 0 Å². The first-order chi connectivity index (χ1) is 14.6. The molecule has 4 bridgehead atoms. The number of nitrogens with zero attached hydrogens (tertiary/aromatic N) is 1. The molecule has 2 saturated heterocycles. The van der Waals surface area contributed by atoms with Crippen molar-refractivity contribution < 1.29 is 14.2 Å². The van der Waals surface area contributed by atoms with Gasteiger partial charge in [-0.1, -0.05) is 32.9 Å². The summed E-state index contributed by atoms with van der Waals surface area (Å²) in [7, 11) is 2.37. The summed E-state index contributed by atoms with van der Waals surface area (Å²) < 4.78 is 20.5. The lowest BCUT2D eigenvalue weighted by atomic mass is 9.33. The van der Waals surface area contributed by atoms with Gasteiger partial charge in [0.25, 0.3) is 0 Å². The van der Waals surface area contributed by atoms with Gasteiger partial charge in [0, 0.05) is 28.4 Å². The van der Waals surface area contributed by atoms with Crippen molar-refractivity contribution in [3.8, 4) is 5.75 Å². The Balaban J connectivity index is 1.53. The number of aryl methyl sites for hydroxylation is 1. The summed E-state index contributed by atoms with van der Waals surface area (Å²) in [5.41, 5.74) is 4.33. The number of fused-ring (bicyclic) bond motifs is 1. The van der Waals surface area contributed by atoms with Gasteiger partial charge in [-0.3, -0.25) is 0 Å². The fourth-order valence-electron chi connectivity index (χ4n) is 9.47. The number of hydrogen-bond donors (Lipinski definition) is 0. The van der Waals surface area contributed by atoms with Crippen molar-refractivity contribution in [2.45, 2.75) is 95.5 Å². The van der Waals surface area contributed by atoms with E-state index in [9.17, 15) is 0 Å². The third-order valence-corrected chi connectivity index (χ3v) is 11.3. The first-order valence-electron chi connectivity index (χ1n) is 12.4. The molecular weight excluding hydrogens is 386 g/mol. The highest BCUT2D eigenvalue weighted by Gasteiger charge is 2.83. The van der Waals surface area contributed by atoms with Crippen molar-refractivity contribution in [2.75, 3.05) is 20.4 Å². The molecule has 1 aromatic carbocycles. The zero-order valence-corrected chi connectivity index (χ0v) is 20.0. The second-order valence-electron chi connectivity index (χ2n) is 12.8. The van der Waals surface area contributed by atoms with Crippen LogP contribution in [0.2, 0.25) is 0 Å². The Morgan fingerprint density at radius 1 is 1.10 bits per heavy atom. The van der Waals surface area contributed by atoms with Crippen LogP contribution in [-0.2, 0) is 21.3 Å². The molecule has 4 aliphatic carbocycles. The van der Waals surface area contributed by atoms with Gasteiger partial charge in [0.2, 0.25) is 0 Å². The summed E-state index contributed by atoms with van der Waals surface area (Å²) in [6.07, 6.45) is 6.02. The van der Waals surface area contributed by atoms with Crippen molar-refractivity contribution >= 4 is 0 Å². The Bertz CT molecular complexity index is 999. The van der Waals surface area contributed by atoms with Gasteiger partial charge in [-0.2, -0.15) is 0 Å². The van der Waals surface area contributed by atoms with Crippen LogP contribution in [0.3, 0.4) is 0 Å². The van der Waals surface area contributed by atoms with Gasteiger partial charge in [-0.05, 0) is 76.1 Å². The molecule has 3 saturated carbocycles. The third kappa shape index (κ3) is 1.80. The number of likely N-dealkylation sites (tertiary alicyclic amines) is 1. The van der Waals surface area contributed by atoms with E-state index in [1.54, 1.807) is 5.56 Å². The minimum absolute atomic E-state index is 0.0396. The standard InChI is InChI=1S/C27H37NO3/c1-16-7-8-17-13-19-25-9-10-27(18(14-25)24(5,23(2,3)4)29-15-30-27)22-26(25,11-12-28(19)6)20(17)21(16)31-22/h7-8,18-19,22H,9-15H2,1-6H3/t18-,19-,22-,24+,25-,26+,27-/m1/s1. The number of rotatable bonds is 0. The van der Waals surface area contributed by atoms with Crippen LogP contribution in [0.4, 0.5) is 0 Å². The molecule has 3 aliphatic heterocycles. The molecule has 1 aromatic rings. The molecule has 5 fully saturated rings. The van der Waals surface area contributed by atoms with Gasteiger partial charge in [-0.25, -0.2) is 0 Å². The van der Waals surface area contributed by atoms with Crippen LogP contribution in [0.25, 0.3) is 0 Å². The maximum atomic E-state index is 7.14. The molecule has 4 heteroatoms. The third-order valence-electron chi connectivity index (χ3n) is 11.3. The normalized spacial score (nSPS) is 49.4. The highest BCUT2D eigenvalue weighted by molar-refractivity contribution is 5.61. The second-order valence-corrected chi connectivity index (χ2v) is 12.8. The number of benzene rings is 1. The van der Waals surface area contributed by atoms with Gasteiger partial charge in [0.05, 0.1) is 5.60 Å². The van der Waals surface area contributed by atoms with E-state index in [0.29, 0.717) is 18.8 Å². The molecule has 0 radical (unpaired) electrons. The predicted molar refractivity (Wildman–Crippen MR) is 119 cm³/mol. The van der Waals surface area contributed by atoms with Crippen LogP contribution in [0, 0.1) is 23.7 Å². The van der Waals surface area contributed by atoms with E-state index >= 15 is 0 Å². The Morgan fingerprint density at radius 2 is 1.90 bits per heavy atom. The maximum absolute atomic E-state index is 7.14. The van der Waals surface area contributed by atoms with Gasteiger partial charge >= 0.3 is 0 Å². The van der Waals surface area contributed by atoms with Crippen LogP contribution in [0.15, 0.2) is 12.1 Å². The highest BCUT2D eigenvalue weighted by Crippen LogP contribution is 2.78. The maximum Gasteiger partial charge on any atom is 0.148 e.